The Kier molecular flexibility index (Phi) is 4.05. The average Bonchev–Trinajstić information content (AvgIpc) is 2.86. The lowest BCUT2D eigenvalue weighted by molar-refractivity contribution is -0.673. The molecule has 0 amide bonds. The predicted octanol–water partition coefficient (Wildman–Crippen LogP) is 4.49. The molecule has 21 heavy (non-hydrogen) atoms. The normalized spacial score (nSPS) is 12.0. The topological polar surface area (TPSA) is 29.4 Å². The largest absolute Gasteiger partial charge is 0.397 e. The summed E-state index contributed by atoms with van der Waals surface area (Å²) in [5, 5.41) is 0. The molecule has 0 atom stereocenters. The number of aryl methyl sites for hydroxylation is 1. The van der Waals surface area contributed by atoms with E-state index >= 15 is 0 Å². The van der Waals surface area contributed by atoms with E-state index in [9.17, 15) is 0 Å². The number of hydrogen-bond donors (Lipinski definition) is 0. The monoisotopic (exact) mass is 391 g/mol. The number of para-hydroxylation sites is 1. The summed E-state index contributed by atoms with van der Waals surface area (Å²) in [7, 11) is 0. The maximum absolute atomic E-state index is 6.01. The summed E-state index contributed by atoms with van der Waals surface area (Å²) in [5.74, 6) is 0.818. The molecule has 0 saturated carbocycles. The second-order valence-electron chi connectivity index (χ2n) is 4.80. The SMILES string of the molecule is CC[n+]1c(C(C)=Nc2ccccc2)oc2ccc(I)cc21. The molecule has 3 rings (SSSR count). The number of aliphatic imine (C=N–C) groups is 1. The van der Waals surface area contributed by atoms with Gasteiger partial charge in [-0.1, -0.05) is 18.2 Å². The summed E-state index contributed by atoms with van der Waals surface area (Å²) in [6.07, 6.45) is 0. The van der Waals surface area contributed by atoms with Crippen LogP contribution in [0.25, 0.3) is 11.1 Å². The van der Waals surface area contributed by atoms with Crippen molar-refractivity contribution in [1.82, 2.24) is 0 Å². The maximum Gasteiger partial charge on any atom is 0.396 e. The third-order valence-corrected chi connectivity index (χ3v) is 4.01. The van der Waals surface area contributed by atoms with Crippen LogP contribution in [0.3, 0.4) is 0 Å². The molecule has 0 fully saturated rings. The Balaban J connectivity index is 2.13. The number of halogens is 1. The molecule has 3 aromatic rings. The van der Waals surface area contributed by atoms with Crippen LogP contribution in [0, 0.1) is 3.57 Å². The summed E-state index contributed by atoms with van der Waals surface area (Å²) in [6, 6.07) is 16.2. The van der Waals surface area contributed by atoms with Gasteiger partial charge in [0, 0.05) is 9.64 Å². The maximum atomic E-state index is 6.01. The van der Waals surface area contributed by atoms with Gasteiger partial charge in [0.25, 0.3) is 5.52 Å². The molecule has 0 aliphatic rings. The number of benzene rings is 2. The lowest BCUT2D eigenvalue weighted by atomic mass is 10.3. The number of oxazole rings is 1. The van der Waals surface area contributed by atoms with Gasteiger partial charge in [-0.25, -0.2) is 4.99 Å². The Morgan fingerprint density at radius 1 is 1.19 bits per heavy atom. The molecule has 2 aromatic carbocycles. The van der Waals surface area contributed by atoms with E-state index in [2.05, 4.69) is 51.2 Å². The molecule has 0 N–H and O–H groups in total. The van der Waals surface area contributed by atoms with Crippen LogP contribution in [0.5, 0.6) is 0 Å². The standard InChI is InChI=1S/C17H16IN2O/c1-3-20-15-11-13(18)9-10-16(15)21-17(20)12(2)19-14-7-5-4-6-8-14/h4-11H,3H2,1-2H3/q+1. The Morgan fingerprint density at radius 3 is 2.67 bits per heavy atom. The van der Waals surface area contributed by atoms with Crippen molar-refractivity contribution in [3.05, 3.63) is 58.0 Å². The van der Waals surface area contributed by atoms with Gasteiger partial charge in [0.05, 0.1) is 5.69 Å². The predicted molar refractivity (Wildman–Crippen MR) is 93.1 cm³/mol. The fraction of sp³-hybridized carbons (Fsp3) is 0.176. The zero-order chi connectivity index (χ0) is 14.8. The van der Waals surface area contributed by atoms with Crippen LogP contribution in [0.4, 0.5) is 5.69 Å². The number of nitrogens with zero attached hydrogens (tertiary/aromatic N) is 2. The zero-order valence-corrected chi connectivity index (χ0v) is 14.2. The Labute approximate surface area is 137 Å². The highest BCUT2D eigenvalue weighted by molar-refractivity contribution is 14.1. The van der Waals surface area contributed by atoms with E-state index in [1.54, 1.807) is 0 Å². The van der Waals surface area contributed by atoms with Crippen molar-refractivity contribution < 1.29 is 8.98 Å². The van der Waals surface area contributed by atoms with Crippen molar-refractivity contribution in [2.45, 2.75) is 20.4 Å². The summed E-state index contributed by atoms with van der Waals surface area (Å²) in [5.41, 5.74) is 3.83. The van der Waals surface area contributed by atoms with Gasteiger partial charge in [-0.15, -0.1) is 0 Å². The van der Waals surface area contributed by atoms with Gasteiger partial charge in [0.2, 0.25) is 5.58 Å². The molecule has 0 radical (unpaired) electrons. The minimum atomic E-state index is 0.818. The molecule has 1 heterocycles. The van der Waals surface area contributed by atoms with Crippen LogP contribution in [0.15, 0.2) is 57.9 Å². The van der Waals surface area contributed by atoms with Crippen molar-refractivity contribution in [3.63, 3.8) is 0 Å². The molecule has 0 unspecified atom stereocenters. The molecular formula is C17H16IN2O+. The zero-order valence-electron chi connectivity index (χ0n) is 12.0. The highest BCUT2D eigenvalue weighted by Crippen LogP contribution is 2.19. The van der Waals surface area contributed by atoms with Crippen LogP contribution >= 0.6 is 22.6 Å². The van der Waals surface area contributed by atoms with Gasteiger partial charge in [-0.2, -0.15) is 4.57 Å². The van der Waals surface area contributed by atoms with Crippen molar-refractivity contribution >= 4 is 45.1 Å². The molecule has 106 valence electrons. The second kappa shape index (κ2) is 5.97. The van der Waals surface area contributed by atoms with Gasteiger partial charge >= 0.3 is 5.89 Å². The van der Waals surface area contributed by atoms with Crippen molar-refractivity contribution in [2.24, 2.45) is 4.99 Å². The minimum absolute atomic E-state index is 0.818. The lowest BCUT2D eigenvalue weighted by Crippen LogP contribution is -2.37. The molecule has 1 aromatic heterocycles. The van der Waals surface area contributed by atoms with Gasteiger partial charge in [0.15, 0.2) is 5.71 Å². The van der Waals surface area contributed by atoms with Crippen LogP contribution in [-0.4, -0.2) is 5.71 Å². The number of hydrogen-bond acceptors (Lipinski definition) is 2. The first-order valence-electron chi connectivity index (χ1n) is 6.91. The van der Waals surface area contributed by atoms with E-state index < -0.39 is 0 Å². The van der Waals surface area contributed by atoms with Gasteiger partial charge < -0.3 is 4.42 Å². The summed E-state index contributed by atoms with van der Waals surface area (Å²) in [6.45, 7) is 4.96. The quantitative estimate of drug-likeness (QED) is 0.368. The molecular weight excluding hydrogens is 375 g/mol. The number of fused-ring (bicyclic) bond motifs is 1. The van der Waals surface area contributed by atoms with E-state index in [4.69, 9.17) is 4.42 Å². The highest BCUT2D eigenvalue weighted by Gasteiger charge is 2.23. The number of rotatable bonds is 3. The van der Waals surface area contributed by atoms with Gasteiger partial charge in [0.1, 0.15) is 6.54 Å². The molecule has 0 bridgehead atoms. The number of aromatic nitrogens is 1. The van der Waals surface area contributed by atoms with E-state index in [0.717, 1.165) is 34.9 Å². The molecule has 0 saturated heterocycles. The highest BCUT2D eigenvalue weighted by atomic mass is 127. The van der Waals surface area contributed by atoms with Crippen molar-refractivity contribution in [2.75, 3.05) is 0 Å². The first-order chi connectivity index (χ1) is 10.2. The van der Waals surface area contributed by atoms with Crippen LogP contribution < -0.4 is 4.57 Å². The smallest absolute Gasteiger partial charge is 0.396 e. The molecule has 4 heteroatoms. The van der Waals surface area contributed by atoms with E-state index in [1.165, 1.54) is 3.57 Å². The first kappa shape index (κ1) is 14.3. The Hall–Kier alpha value is -1.69. The molecule has 0 aliphatic carbocycles. The fourth-order valence-corrected chi connectivity index (χ4v) is 2.86. The Bertz CT molecular complexity index is 806. The fourth-order valence-electron chi connectivity index (χ4n) is 2.38. The van der Waals surface area contributed by atoms with Gasteiger partial charge in [-0.3, -0.25) is 0 Å². The third-order valence-electron chi connectivity index (χ3n) is 3.34. The third kappa shape index (κ3) is 2.85. The van der Waals surface area contributed by atoms with Crippen molar-refractivity contribution in [3.8, 4) is 0 Å². The van der Waals surface area contributed by atoms with Crippen molar-refractivity contribution in [1.29, 1.82) is 0 Å². The van der Waals surface area contributed by atoms with E-state index in [1.807, 2.05) is 43.3 Å². The van der Waals surface area contributed by atoms with Crippen LogP contribution in [0.2, 0.25) is 0 Å². The average molecular weight is 391 g/mol. The Morgan fingerprint density at radius 2 is 1.95 bits per heavy atom. The van der Waals surface area contributed by atoms with Crippen LogP contribution in [-0.2, 0) is 6.54 Å². The van der Waals surface area contributed by atoms with Gasteiger partial charge in [-0.05, 0) is 60.7 Å². The second-order valence-corrected chi connectivity index (χ2v) is 6.04. The molecule has 3 nitrogen and oxygen atoms in total. The first-order valence-corrected chi connectivity index (χ1v) is 7.99. The summed E-state index contributed by atoms with van der Waals surface area (Å²) in [4.78, 5) is 4.66. The summed E-state index contributed by atoms with van der Waals surface area (Å²) < 4.78 is 9.38. The van der Waals surface area contributed by atoms with E-state index in [0.29, 0.717) is 0 Å². The van der Waals surface area contributed by atoms with Crippen LogP contribution in [0.1, 0.15) is 19.7 Å². The summed E-state index contributed by atoms with van der Waals surface area (Å²) >= 11 is 2.32. The molecule has 0 spiro atoms. The minimum Gasteiger partial charge on any atom is -0.397 e. The molecule has 0 aliphatic heterocycles. The van der Waals surface area contributed by atoms with E-state index in [-0.39, 0.29) is 0 Å². The lowest BCUT2D eigenvalue weighted by Gasteiger charge is -1.96.